The molecule has 1 saturated carbocycles. The van der Waals surface area contributed by atoms with E-state index in [-0.39, 0.29) is 0 Å². The van der Waals surface area contributed by atoms with Gasteiger partial charge in [0.15, 0.2) is 5.65 Å². The van der Waals surface area contributed by atoms with Crippen molar-refractivity contribution in [2.75, 3.05) is 5.75 Å². The number of nitrogens with zero attached hydrogens (tertiary/aromatic N) is 3. The first-order valence-electron chi connectivity index (χ1n) is 6.14. The lowest BCUT2D eigenvalue weighted by atomic mass is 10.2. The van der Waals surface area contributed by atoms with Gasteiger partial charge in [-0.25, -0.2) is 4.98 Å². The third-order valence-corrected chi connectivity index (χ3v) is 4.32. The average Bonchev–Trinajstić information content (AvgIpc) is 3.16. The van der Waals surface area contributed by atoms with Crippen molar-refractivity contribution in [3.8, 4) is 0 Å². The summed E-state index contributed by atoms with van der Waals surface area (Å²) in [4.78, 5) is 7.84. The van der Waals surface area contributed by atoms with Crippen molar-refractivity contribution >= 4 is 33.8 Å². The van der Waals surface area contributed by atoms with E-state index in [0.29, 0.717) is 0 Å². The van der Waals surface area contributed by atoms with Gasteiger partial charge in [-0.15, -0.1) is 10.2 Å². The number of hydrogen-bond donors (Lipinski definition) is 1. The van der Waals surface area contributed by atoms with Gasteiger partial charge in [-0.2, -0.15) is 0 Å². The predicted molar refractivity (Wildman–Crippen MR) is 72.6 cm³/mol. The number of rotatable bonds is 3. The molecule has 1 aliphatic rings. The Morgan fingerprint density at radius 1 is 1.22 bits per heavy atom. The summed E-state index contributed by atoms with van der Waals surface area (Å²) in [6.45, 7) is 0. The Hall–Kier alpha value is -1.62. The molecule has 4 rings (SSSR count). The summed E-state index contributed by atoms with van der Waals surface area (Å²) in [7, 11) is 0. The molecular weight excluding hydrogens is 244 g/mol. The van der Waals surface area contributed by atoms with Crippen LogP contribution >= 0.6 is 11.8 Å². The number of nitrogens with one attached hydrogen (secondary N) is 1. The van der Waals surface area contributed by atoms with E-state index in [4.69, 9.17) is 0 Å². The third kappa shape index (κ3) is 1.75. The molecule has 3 aromatic rings. The van der Waals surface area contributed by atoms with Crippen molar-refractivity contribution < 1.29 is 0 Å². The number of thioether (sulfide) groups is 1. The smallest absolute Gasteiger partial charge is 0.211 e. The Kier molecular flexibility index (Phi) is 2.26. The summed E-state index contributed by atoms with van der Waals surface area (Å²) in [6, 6.07) is 8.10. The van der Waals surface area contributed by atoms with Gasteiger partial charge < -0.3 is 4.98 Å². The van der Waals surface area contributed by atoms with Crippen LogP contribution in [0.1, 0.15) is 12.8 Å². The predicted octanol–water partition coefficient (Wildman–Crippen LogP) is 3.01. The molecule has 0 amide bonds. The van der Waals surface area contributed by atoms with Crippen molar-refractivity contribution in [2.24, 2.45) is 5.92 Å². The van der Waals surface area contributed by atoms with Gasteiger partial charge >= 0.3 is 0 Å². The quantitative estimate of drug-likeness (QED) is 0.732. The van der Waals surface area contributed by atoms with Crippen LogP contribution in [0.25, 0.3) is 22.1 Å². The monoisotopic (exact) mass is 256 g/mol. The molecule has 0 radical (unpaired) electrons. The summed E-state index contributed by atoms with van der Waals surface area (Å²) in [5.41, 5.74) is 2.77. The van der Waals surface area contributed by atoms with Crippen molar-refractivity contribution in [3.63, 3.8) is 0 Å². The number of H-pyrrole nitrogens is 1. The van der Waals surface area contributed by atoms with Gasteiger partial charge in [-0.1, -0.05) is 30.0 Å². The normalized spacial score (nSPS) is 15.6. The lowest BCUT2D eigenvalue weighted by molar-refractivity contribution is 0.872. The van der Waals surface area contributed by atoms with Crippen molar-refractivity contribution in [1.82, 2.24) is 20.2 Å². The molecule has 0 atom stereocenters. The fourth-order valence-corrected chi connectivity index (χ4v) is 3.02. The Labute approximate surface area is 108 Å². The second kappa shape index (κ2) is 3.95. The first-order valence-corrected chi connectivity index (χ1v) is 7.12. The van der Waals surface area contributed by atoms with Crippen molar-refractivity contribution in [2.45, 2.75) is 18.0 Å². The van der Waals surface area contributed by atoms with Crippen LogP contribution in [0.4, 0.5) is 0 Å². The Morgan fingerprint density at radius 2 is 2.11 bits per heavy atom. The zero-order chi connectivity index (χ0) is 11.9. The van der Waals surface area contributed by atoms with Gasteiger partial charge in [-0.05, 0) is 24.8 Å². The van der Waals surface area contributed by atoms with E-state index in [2.05, 4.69) is 20.2 Å². The molecule has 2 aromatic heterocycles. The van der Waals surface area contributed by atoms with E-state index in [1.807, 2.05) is 24.3 Å². The highest BCUT2D eigenvalue weighted by Gasteiger charge is 2.22. The number of para-hydroxylation sites is 1. The van der Waals surface area contributed by atoms with E-state index in [0.717, 1.165) is 38.9 Å². The molecule has 1 fully saturated rings. The van der Waals surface area contributed by atoms with Crippen LogP contribution in [0.5, 0.6) is 0 Å². The van der Waals surface area contributed by atoms with Crippen LogP contribution < -0.4 is 0 Å². The molecule has 1 aliphatic carbocycles. The number of hydrogen-bond acceptors (Lipinski definition) is 4. The van der Waals surface area contributed by atoms with Crippen LogP contribution in [-0.2, 0) is 0 Å². The van der Waals surface area contributed by atoms with Gasteiger partial charge in [0.1, 0.15) is 5.52 Å². The number of benzene rings is 1. The molecule has 0 unspecified atom stereocenters. The SMILES string of the molecule is c1ccc2c(c1)[nH]c1nc(SCC3CC3)nnc12. The zero-order valence-electron chi connectivity index (χ0n) is 9.76. The van der Waals surface area contributed by atoms with Crippen molar-refractivity contribution in [3.05, 3.63) is 24.3 Å². The van der Waals surface area contributed by atoms with Crippen LogP contribution in [-0.4, -0.2) is 25.9 Å². The molecule has 5 heteroatoms. The highest BCUT2D eigenvalue weighted by molar-refractivity contribution is 7.99. The molecule has 0 spiro atoms. The van der Waals surface area contributed by atoms with Gasteiger partial charge in [0.25, 0.3) is 0 Å². The number of aromatic nitrogens is 4. The fraction of sp³-hybridized carbons (Fsp3) is 0.308. The molecule has 1 N–H and O–H groups in total. The summed E-state index contributed by atoms with van der Waals surface area (Å²) in [5, 5.41) is 10.4. The molecule has 0 aliphatic heterocycles. The molecule has 1 aromatic carbocycles. The summed E-state index contributed by atoms with van der Waals surface area (Å²) < 4.78 is 0. The summed E-state index contributed by atoms with van der Waals surface area (Å²) >= 11 is 1.71. The minimum atomic E-state index is 0.779. The topological polar surface area (TPSA) is 54.5 Å². The first-order chi connectivity index (χ1) is 8.90. The Morgan fingerprint density at radius 3 is 3.00 bits per heavy atom. The molecule has 2 heterocycles. The van der Waals surface area contributed by atoms with E-state index in [9.17, 15) is 0 Å². The zero-order valence-corrected chi connectivity index (χ0v) is 10.6. The standard InChI is InChI=1S/C13H12N4S/c1-2-4-10-9(3-1)11-12(14-10)15-13(17-16-11)18-7-8-5-6-8/h1-4,8H,5-7H2,(H,14,15,17). The first kappa shape index (κ1) is 10.3. The lowest BCUT2D eigenvalue weighted by Gasteiger charge is -1.96. The third-order valence-electron chi connectivity index (χ3n) is 3.25. The van der Waals surface area contributed by atoms with E-state index in [1.54, 1.807) is 11.8 Å². The molecular formula is C13H12N4S. The van der Waals surface area contributed by atoms with Gasteiger partial charge in [-0.3, -0.25) is 0 Å². The summed E-state index contributed by atoms with van der Waals surface area (Å²) in [5.74, 6) is 1.99. The molecule has 0 bridgehead atoms. The van der Waals surface area contributed by atoms with Crippen molar-refractivity contribution in [1.29, 1.82) is 0 Å². The molecule has 90 valence electrons. The minimum Gasteiger partial charge on any atom is -0.338 e. The van der Waals surface area contributed by atoms with Gasteiger partial charge in [0, 0.05) is 16.7 Å². The minimum absolute atomic E-state index is 0.779. The maximum Gasteiger partial charge on any atom is 0.211 e. The van der Waals surface area contributed by atoms with E-state index < -0.39 is 0 Å². The fourth-order valence-electron chi connectivity index (χ4n) is 2.04. The van der Waals surface area contributed by atoms with Crippen LogP contribution in [0, 0.1) is 5.92 Å². The Bertz CT molecular complexity index is 717. The maximum absolute atomic E-state index is 4.55. The van der Waals surface area contributed by atoms with Gasteiger partial charge in [0.2, 0.25) is 5.16 Å². The molecule has 0 saturated heterocycles. The van der Waals surface area contributed by atoms with E-state index >= 15 is 0 Å². The largest absolute Gasteiger partial charge is 0.338 e. The van der Waals surface area contributed by atoms with Crippen LogP contribution in [0.2, 0.25) is 0 Å². The Balaban J connectivity index is 1.76. The highest BCUT2D eigenvalue weighted by atomic mass is 32.2. The summed E-state index contributed by atoms with van der Waals surface area (Å²) in [6.07, 6.45) is 2.71. The average molecular weight is 256 g/mol. The van der Waals surface area contributed by atoms with Crippen LogP contribution in [0.3, 0.4) is 0 Å². The van der Waals surface area contributed by atoms with Gasteiger partial charge in [0.05, 0.1) is 0 Å². The maximum atomic E-state index is 4.55. The molecule has 18 heavy (non-hydrogen) atoms. The highest BCUT2D eigenvalue weighted by Crippen LogP contribution is 2.34. The second-order valence-corrected chi connectivity index (χ2v) is 5.70. The number of fused-ring (bicyclic) bond motifs is 3. The second-order valence-electron chi connectivity index (χ2n) is 4.72. The van der Waals surface area contributed by atoms with Crippen LogP contribution in [0.15, 0.2) is 29.4 Å². The number of aromatic amines is 1. The van der Waals surface area contributed by atoms with E-state index in [1.165, 1.54) is 12.8 Å². The molecule has 4 nitrogen and oxygen atoms in total. The lowest BCUT2D eigenvalue weighted by Crippen LogP contribution is -1.92.